The summed E-state index contributed by atoms with van der Waals surface area (Å²) in [6.07, 6.45) is 1.89. The highest BCUT2D eigenvalue weighted by Gasteiger charge is 2.16. The summed E-state index contributed by atoms with van der Waals surface area (Å²) in [4.78, 5) is 1.02. The molecule has 0 aliphatic carbocycles. The predicted molar refractivity (Wildman–Crippen MR) is 121 cm³/mol. The lowest BCUT2D eigenvalue weighted by Crippen LogP contribution is -2.11. The van der Waals surface area contributed by atoms with Crippen LogP contribution in [0.25, 0.3) is 0 Å². The molecule has 0 saturated carbocycles. The highest BCUT2D eigenvalue weighted by atomic mass is 79.9. The molecule has 0 aliphatic rings. The van der Waals surface area contributed by atoms with Crippen molar-refractivity contribution >= 4 is 42.7 Å². The zero-order chi connectivity index (χ0) is 20.9. The van der Waals surface area contributed by atoms with Gasteiger partial charge in [-0.15, -0.1) is 4.40 Å². The van der Waals surface area contributed by atoms with Crippen LogP contribution in [0.4, 0.5) is 0 Å². The fraction of sp³-hybridized carbons (Fsp3) is 0.0952. The second-order valence-corrected chi connectivity index (χ2v) is 10.2. The van der Waals surface area contributed by atoms with Gasteiger partial charge in [-0.2, -0.15) is 12.8 Å². The number of hydrogen-bond donors (Lipinski definition) is 0. The molecule has 0 amide bonds. The smallest absolute Gasteiger partial charge is 0.339 e. The van der Waals surface area contributed by atoms with E-state index in [1.54, 1.807) is 24.3 Å². The van der Waals surface area contributed by atoms with Crippen LogP contribution in [-0.4, -0.2) is 20.7 Å². The lowest BCUT2D eigenvalue weighted by molar-refractivity contribution is 0.542. The van der Waals surface area contributed by atoms with Gasteiger partial charge in [-0.25, -0.2) is 0 Å². The molecule has 0 heterocycles. The van der Waals surface area contributed by atoms with Crippen LogP contribution in [0.3, 0.4) is 0 Å². The first-order valence-electron chi connectivity index (χ1n) is 8.61. The highest BCUT2D eigenvalue weighted by molar-refractivity contribution is 9.10. The summed E-state index contributed by atoms with van der Waals surface area (Å²) < 4.78 is 40.5. The minimum Gasteiger partial charge on any atom is -0.423 e. The number of halogens is 1. The molecule has 1 atom stereocenters. The summed E-state index contributed by atoms with van der Waals surface area (Å²) in [7, 11) is -4.62. The lowest BCUT2D eigenvalue weighted by atomic mass is 10.2. The van der Waals surface area contributed by atoms with Crippen LogP contribution in [0.15, 0.2) is 102 Å². The molecule has 3 aromatic rings. The molecule has 0 fully saturated rings. The highest BCUT2D eigenvalue weighted by Crippen LogP contribution is 2.19. The molecular formula is C21H19BrN2O3S2. The maximum Gasteiger partial charge on any atom is 0.339 e. The van der Waals surface area contributed by atoms with E-state index < -0.39 is 20.7 Å². The lowest BCUT2D eigenvalue weighted by Gasteiger charge is -2.08. The van der Waals surface area contributed by atoms with E-state index in [4.69, 9.17) is 4.74 Å². The van der Waals surface area contributed by atoms with E-state index in [0.29, 0.717) is 5.75 Å². The van der Waals surface area contributed by atoms with Crippen molar-refractivity contribution in [1.29, 1.82) is 0 Å². The largest absolute Gasteiger partial charge is 0.423 e. The number of aryl methyl sites for hydroxylation is 1. The standard InChI is InChI=1S/C21H19BrN2O3S2/c1-16-7-6-8-18(15-16)27-21(23-28(2)19-9-4-3-5-10-19)24-29(25,26)20-13-11-17(22)12-14-20/h3-15H,1-2H3/b24-21-. The van der Waals surface area contributed by atoms with Gasteiger partial charge in [0.05, 0.1) is 4.90 Å². The molecule has 0 saturated heterocycles. The number of rotatable bonds is 4. The Bertz CT molecular complexity index is 1160. The third kappa shape index (κ3) is 6.09. The average molecular weight is 491 g/mol. The van der Waals surface area contributed by atoms with Gasteiger partial charge in [0.15, 0.2) is 0 Å². The van der Waals surface area contributed by atoms with Crippen molar-refractivity contribution in [1.82, 2.24) is 0 Å². The first kappa shape index (κ1) is 21.4. The van der Waals surface area contributed by atoms with Gasteiger partial charge in [-0.05, 0) is 67.3 Å². The Morgan fingerprint density at radius 3 is 2.31 bits per heavy atom. The molecule has 8 heteroatoms. The van der Waals surface area contributed by atoms with Gasteiger partial charge in [0.25, 0.3) is 10.0 Å². The normalized spacial score (nSPS) is 13.3. The molecule has 0 radical (unpaired) electrons. The molecule has 0 bridgehead atoms. The van der Waals surface area contributed by atoms with Crippen molar-refractivity contribution in [2.24, 2.45) is 8.76 Å². The third-order valence-electron chi connectivity index (χ3n) is 3.81. The van der Waals surface area contributed by atoms with Crippen LogP contribution >= 0.6 is 15.9 Å². The van der Waals surface area contributed by atoms with E-state index in [-0.39, 0.29) is 10.9 Å². The minimum atomic E-state index is -3.98. The molecular weight excluding hydrogens is 472 g/mol. The summed E-state index contributed by atoms with van der Waals surface area (Å²) in [5.41, 5.74) is 0.983. The van der Waals surface area contributed by atoms with Gasteiger partial charge in [0, 0.05) is 9.37 Å². The summed E-state index contributed by atoms with van der Waals surface area (Å²) in [5.74, 6) is 0.476. The van der Waals surface area contributed by atoms with Gasteiger partial charge in [0.2, 0.25) is 0 Å². The summed E-state index contributed by atoms with van der Waals surface area (Å²) >= 11 is 3.30. The Labute approximate surface area is 181 Å². The number of benzene rings is 3. The second-order valence-electron chi connectivity index (χ2n) is 6.10. The monoisotopic (exact) mass is 490 g/mol. The molecule has 0 aromatic heterocycles. The van der Waals surface area contributed by atoms with Gasteiger partial charge >= 0.3 is 6.02 Å². The zero-order valence-electron chi connectivity index (χ0n) is 15.8. The van der Waals surface area contributed by atoms with Gasteiger partial charge < -0.3 is 4.74 Å². The average Bonchev–Trinajstić information content (AvgIpc) is 2.68. The summed E-state index contributed by atoms with van der Waals surface area (Å²) in [6.45, 7) is 1.92. The number of ether oxygens (including phenoxy) is 1. The molecule has 0 N–H and O–H groups in total. The van der Waals surface area contributed by atoms with Crippen LogP contribution in [0, 0.1) is 6.92 Å². The van der Waals surface area contributed by atoms with Crippen molar-refractivity contribution in [3.8, 4) is 5.75 Å². The van der Waals surface area contributed by atoms with Crippen molar-refractivity contribution in [3.63, 3.8) is 0 Å². The first-order chi connectivity index (χ1) is 13.8. The molecule has 5 nitrogen and oxygen atoms in total. The third-order valence-corrected chi connectivity index (χ3v) is 6.99. The fourth-order valence-corrected chi connectivity index (χ4v) is 4.54. The Kier molecular flexibility index (Phi) is 7.00. The SMILES string of the molecule is Cc1cccc(OC(=N\S(=O)(=O)c2ccc(Br)cc2)/N=S(\C)c2ccccc2)c1. The number of nitrogens with zero attached hydrogens (tertiary/aromatic N) is 2. The number of amidine groups is 1. The van der Waals surface area contributed by atoms with E-state index in [2.05, 4.69) is 24.7 Å². The molecule has 0 aliphatic heterocycles. The van der Waals surface area contributed by atoms with Crippen LogP contribution in [-0.2, 0) is 20.7 Å². The molecule has 3 rings (SSSR count). The van der Waals surface area contributed by atoms with Gasteiger partial charge in [0.1, 0.15) is 5.75 Å². The van der Waals surface area contributed by atoms with E-state index in [1.165, 1.54) is 12.1 Å². The predicted octanol–water partition coefficient (Wildman–Crippen LogP) is 5.37. The Morgan fingerprint density at radius 1 is 0.966 bits per heavy atom. The van der Waals surface area contributed by atoms with Crippen molar-refractivity contribution < 1.29 is 13.2 Å². The van der Waals surface area contributed by atoms with Crippen LogP contribution in [0.5, 0.6) is 5.75 Å². The summed E-state index contributed by atoms with van der Waals surface area (Å²) in [6, 6.07) is 22.9. The van der Waals surface area contributed by atoms with E-state index >= 15 is 0 Å². The van der Waals surface area contributed by atoms with Crippen molar-refractivity contribution in [2.75, 3.05) is 6.26 Å². The fourth-order valence-electron chi connectivity index (χ4n) is 2.39. The minimum absolute atomic E-state index is 0.0666. The molecule has 3 aromatic carbocycles. The first-order valence-corrected chi connectivity index (χ1v) is 12.4. The quantitative estimate of drug-likeness (QED) is 0.364. The molecule has 1 unspecified atom stereocenters. The van der Waals surface area contributed by atoms with Crippen LogP contribution in [0.1, 0.15) is 5.56 Å². The van der Waals surface area contributed by atoms with Crippen LogP contribution in [0.2, 0.25) is 0 Å². The summed E-state index contributed by atoms with van der Waals surface area (Å²) in [5, 5.41) is 0. The van der Waals surface area contributed by atoms with Crippen molar-refractivity contribution in [3.05, 3.63) is 88.9 Å². The number of hydrogen-bond acceptors (Lipinski definition) is 3. The maximum atomic E-state index is 12.8. The second kappa shape index (κ2) is 9.47. The Morgan fingerprint density at radius 2 is 1.66 bits per heavy atom. The Hall–Kier alpha value is -2.29. The van der Waals surface area contributed by atoms with E-state index in [0.717, 1.165) is 14.9 Å². The topological polar surface area (TPSA) is 68.1 Å². The maximum absolute atomic E-state index is 12.8. The van der Waals surface area contributed by atoms with Crippen LogP contribution < -0.4 is 4.74 Å². The van der Waals surface area contributed by atoms with Gasteiger partial charge in [-0.3, -0.25) is 0 Å². The zero-order valence-corrected chi connectivity index (χ0v) is 19.0. The number of sulfonamides is 1. The molecule has 29 heavy (non-hydrogen) atoms. The Balaban J connectivity index is 2.04. The van der Waals surface area contributed by atoms with E-state index in [1.807, 2.05) is 55.6 Å². The molecule has 0 spiro atoms. The van der Waals surface area contributed by atoms with E-state index in [9.17, 15) is 8.42 Å². The van der Waals surface area contributed by atoms with Crippen molar-refractivity contribution in [2.45, 2.75) is 16.7 Å². The molecule has 150 valence electrons. The van der Waals surface area contributed by atoms with Gasteiger partial charge in [-0.1, -0.05) is 57.0 Å².